The number of nitrogens with zero attached hydrogens (tertiary/aromatic N) is 3. The molecule has 8 heteroatoms. The monoisotopic (exact) mass is 311 g/mol. The summed E-state index contributed by atoms with van der Waals surface area (Å²) in [5.74, 6) is -0.427. The number of amides is 1. The van der Waals surface area contributed by atoms with Gasteiger partial charge in [-0.25, -0.2) is 0 Å². The van der Waals surface area contributed by atoms with Crippen molar-refractivity contribution in [2.24, 2.45) is 0 Å². The first-order valence-corrected chi connectivity index (χ1v) is 6.24. The van der Waals surface area contributed by atoms with E-state index in [1.165, 1.54) is 17.0 Å². The predicted molar refractivity (Wildman–Crippen MR) is 77.2 cm³/mol. The Balaban J connectivity index is 2.77. The van der Waals surface area contributed by atoms with Crippen LogP contribution in [0.3, 0.4) is 0 Å². The van der Waals surface area contributed by atoms with Gasteiger partial charge in [0.1, 0.15) is 0 Å². The van der Waals surface area contributed by atoms with Gasteiger partial charge in [0.25, 0.3) is 0 Å². The van der Waals surface area contributed by atoms with E-state index in [-0.39, 0.29) is 35.4 Å². The Hall–Kier alpha value is -1.99. The van der Waals surface area contributed by atoms with Gasteiger partial charge in [-0.1, -0.05) is 23.2 Å². The van der Waals surface area contributed by atoms with Crippen LogP contribution >= 0.6 is 23.2 Å². The maximum absolute atomic E-state index is 11.8. The first-order chi connectivity index (χ1) is 9.47. The molecule has 3 N–H and O–H groups in total. The number of carbonyl (C=O) groups is 1. The number of nitrogen functional groups attached to an aromatic ring is 1. The Labute approximate surface area is 126 Å². The summed E-state index contributed by atoms with van der Waals surface area (Å²) in [6, 6.07) is 6.68. The zero-order valence-electron chi connectivity index (χ0n) is 10.4. The lowest BCUT2D eigenvalue weighted by Crippen LogP contribution is -2.34. The molecule has 1 rings (SSSR count). The fraction of sp³-hybridized carbons (Fsp3) is 0.250. The van der Waals surface area contributed by atoms with Crippen LogP contribution in [0.5, 0.6) is 0 Å². The van der Waals surface area contributed by atoms with Crippen LogP contribution in [0.1, 0.15) is 0 Å². The van der Waals surface area contributed by atoms with Gasteiger partial charge in [0, 0.05) is 5.69 Å². The van der Waals surface area contributed by atoms with E-state index in [0.29, 0.717) is 5.69 Å². The quantitative estimate of drug-likeness (QED) is 0.637. The van der Waals surface area contributed by atoms with Crippen molar-refractivity contribution >= 4 is 40.5 Å². The zero-order chi connectivity index (χ0) is 15.1. The summed E-state index contributed by atoms with van der Waals surface area (Å²) in [6.07, 6.45) is 0. The van der Waals surface area contributed by atoms with Gasteiger partial charge < -0.3 is 11.1 Å². The lowest BCUT2D eigenvalue weighted by atomic mass is 10.2. The first-order valence-electron chi connectivity index (χ1n) is 5.48. The maximum Gasteiger partial charge on any atom is 0.238 e. The molecule has 0 saturated carbocycles. The zero-order valence-corrected chi connectivity index (χ0v) is 11.9. The van der Waals surface area contributed by atoms with E-state index in [4.69, 9.17) is 39.5 Å². The number of halogens is 2. The predicted octanol–water partition coefficient (Wildman–Crippen LogP) is 1.86. The van der Waals surface area contributed by atoms with E-state index in [2.05, 4.69) is 5.32 Å². The van der Waals surface area contributed by atoms with Gasteiger partial charge in [-0.15, -0.1) is 0 Å². The molecule has 0 aliphatic rings. The summed E-state index contributed by atoms with van der Waals surface area (Å²) in [6.45, 7) is -0.160. The van der Waals surface area contributed by atoms with Crippen LogP contribution in [0.4, 0.5) is 11.4 Å². The number of nitrogens with two attached hydrogens (primary N) is 1. The van der Waals surface area contributed by atoms with E-state index in [1.807, 2.05) is 12.1 Å². The summed E-state index contributed by atoms with van der Waals surface area (Å²) in [5, 5.41) is 20.2. The van der Waals surface area contributed by atoms with Crippen molar-refractivity contribution in [2.75, 3.05) is 30.7 Å². The molecule has 0 radical (unpaired) electrons. The van der Waals surface area contributed by atoms with Crippen molar-refractivity contribution in [3.8, 4) is 12.1 Å². The van der Waals surface area contributed by atoms with Gasteiger partial charge in [-0.05, 0) is 12.1 Å². The standard InChI is InChI=1S/C12H11Cl2N5O/c13-9-5-8(17)6-10(14)12(9)18-11(20)7-19(3-1-15)4-2-16/h5-6H,3-4,7,17H2,(H,18,20). The lowest BCUT2D eigenvalue weighted by molar-refractivity contribution is -0.117. The molecule has 20 heavy (non-hydrogen) atoms. The molecular formula is C12H11Cl2N5O. The lowest BCUT2D eigenvalue weighted by Gasteiger charge is -2.16. The second kappa shape index (κ2) is 7.56. The molecule has 0 spiro atoms. The molecule has 0 atom stereocenters. The minimum Gasteiger partial charge on any atom is -0.399 e. The topological polar surface area (TPSA) is 106 Å². The van der Waals surface area contributed by atoms with Gasteiger partial charge in [-0.2, -0.15) is 10.5 Å². The van der Waals surface area contributed by atoms with Crippen molar-refractivity contribution in [3.63, 3.8) is 0 Å². The van der Waals surface area contributed by atoms with Gasteiger partial charge in [0.15, 0.2) is 0 Å². The van der Waals surface area contributed by atoms with Crippen LogP contribution < -0.4 is 11.1 Å². The first kappa shape index (κ1) is 16.1. The number of nitriles is 2. The van der Waals surface area contributed by atoms with Gasteiger partial charge in [-0.3, -0.25) is 9.69 Å². The normalized spacial score (nSPS) is 9.85. The number of hydrogen-bond acceptors (Lipinski definition) is 5. The second-order valence-corrected chi connectivity index (χ2v) is 4.68. The summed E-state index contributed by atoms with van der Waals surface area (Å²) in [4.78, 5) is 13.2. The minimum absolute atomic E-state index is 0.0236. The van der Waals surface area contributed by atoms with E-state index in [9.17, 15) is 4.79 Å². The number of hydrogen-bond donors (Lipinski definition) is 2. The number of nitrogens with one attached hydrogen (secondary N) is 1. The molecule has 6 nitrogen and oxygen atoms in total. The molecule has 104 valence electrons. The third-order valence-electron chi connectivity index (χ3n) is 2.28. The number of anilines is 2. The van der Waals surface area contributed by atoms with Crippen molar-refractivity contribution < 1.29 is 4.79 Å². The highest BCUT2D eigenvalue weighted by Gasteiger charge is 2.14. The van der Waals surface area contributed by atoms with Crippen LogP contribution in [-0.4, -0.2) is 30.4 Å². The Morgan fingerprint density at radius 2 is 1.75 bits per heavy atom. The number of rotatable bonds is 5. The summed E-state index contributed by atoms with van der Waals surface area (Å²) < 4.78 is 0. The minimum atomic E-state index is -0.427. The molecule has 0 fully saturated rings. The largest absolute Gasteiger partial charge is 0.399 e. The SMILES string of the molecule is N#CCN(CC#N)CC(=O)Nc1c(Cl)cc(N)cc1Cl. The van der Waals surface area contributed by atoms with Crippen molar-refractivity contribution in [3.05, 3.63) is 22.2 Å². The van der Waals surface area contributed by atoms with Crippen molar-refractivity contribution in [1.82, 2.24) is 4.90 Å². The molecule has 0 aliphatic carbocycles. The highest BCUT2D eigenvalue weighted by atomic mass is 35.5. The van der Waals surface area contributed by atoms with Gasteiger partial charge in [0.2, 0.25) is 5.91 Å². The molecule has 0 aromatic heterocycles. The molecule has 0 aliphatic heterocycles. The number of benzene rings is 1. The van der Waals surface area contributed by atoms with Crippen molar-refractivity contribution in [1.29, 1.82) is 10.5 Å². The Kier molecular flexibility index (Phi) is 6.08. The summed E-state index contributed by atoms with van der Waals surface area (Å²) in [5.41, 5.74) is 6.19. The Bertz CT molecular complexity index is 551. The molecule has 0 heterocycles. The summed E-state index contributed by atoms with van der Waals surface area (Å²) in [7, 11) is 0. The Morgan fingerprint density at radius 1 is 1.25 bits per heavy atom. The van der Waals surface area contributed by atoms with Crippen LogP contribution in [0.15, 0.2) is 12.1 Å². The van der Waals surface area contributed by atoms with Crippen LogP contribution in [0.25, 0.3) is 0 Å². The molecule has 1 amide bonds. The molecule has 1 aromatic carbocycles. The smallest absolute Gasteiger partial charge is 0.238 e. The highest BCUT2D eigenvalue weighted by molar-refractivity contribution is 6.40. The van der Waals surface area contributed by atoms with E-state index in [0.717, 1.165) is 0 Å². The molecule has 0 bridgehead atoms. The maximum atomic E-state index is 11.8. The van der Waals surface area contributed by atoms with E-state index in [1.54, 1.807) is 0 Å². The van der Waals surface area contributed by atoms with E-state index < -0.39 is 5.91 Å². The number of carbonyl (C=O) groups excluding carboxylic acids is 1. The molecule has 1 aromatic rings. The van der Waals surface area contributed by atoms with Crippen LogP contribution in [0.2, 0.25) is 10.0 Å². The molecular weight excluding hydrogens is 301 g/mol. The van der Waals surface area contributed by atoms with Gasteiger partial charge in [0.05, 0.1) is 47.5 Å². The fourth-order valence-corrected chi connectivity index (χ4v) is 2.06. The average Bonchev–Trinajstić information content (AvgIpc) is 2.34. The Morgan fingerprint density at radius 3 is 2.20 bits per heavy atom. The highest BCUT2D eigenvalue weighted by Crippen LogP contribution is 2.32. The third-order valence-corrected chi connectivity index (χ3v) is 2.88. The third kappa shape index (κ3) is 4.60. The van der Waals surface area contributed by atoms with Crippen LogP contribution in [-0.2, 0) is 4.79 Å². The fourth-order valence-electron chi connectivity index (χ4n) is 1.46. The molecule has 0 saturated heterocycles. The van der Waals surface area contributed by atoms with Crippen molar-refractivity contribution in [2.45, 2.75) is 0 Å². The molecule has 0 unspecified atom stereocenters. The summed E-state index contributed by atoms with van der Waals surface area (Å²) >= 11 is 11.9. The van der Waals surface area contributed by atoms with Gasteiger partial charge >= 0.3 is 0 Å². The average molecular weight is 312 g/mol. The second-order valence-electron chi connectivity index (χ2n) is 3.87. The van der Waals surface area contributed by atoms with E-state index >= 15 is 0 Å². The van der Waals surface area contributed by atoms with Crippen LogP contribution in [0, 0.1) is 22.7 Å².